The molecule has 0 radical (unpaired) electrons. The van der Waals surface area contributed by atoms with Crippen molar-refractivity contribution in [3.05, 3.63) is 124 Å². The van der Waals surface area contributed by atoms with Crippen molar-refractivity contribution in [2.45, 2.75) is 83.3 Å². The lowest BCUT2D eigenvalue weighted by atomic mass is 9.93. The molecule has 2 aromatic heterocycles. The van der Waals surface area contributed by atoms with Gasteiger partial charge in [-0.25, -0.2) is 14.8 Å². The van der Waals surface area contributed by atoms with E-state index in [9.17, 15) is 14.4 Å². The number of aliphatic imine (C=N–C) groups is 1. The largest absolute Gasteiger partial charge is 0.485 e. The fourth-order valence-electron chi connectivity index (χ4n) is 6.91. The second-order valence-corrected chi connectivity index (χ2v) is 15.9. The van der Waals surface area contributed by atoms with Gasteiger partial charge in [0.1, 0.15) is 35.1 Å². The van der Waals surface area contributed by atoms with Crippen LogP contribution < -0.4 is 10.2 Å². The van der Waals surface area contributed by atoms with Crippen LogP contribution in [0.3, 0.4) is 0 Å². The molecule has 10 nitrogen and oxygen atoms in total. The van der Waals surface area contributed by atoms with E-state index in [-0.39, 0.29) is 29.8 Å². The van der Waals surface area contributed by atoms with E-state index in [1.165, 1.54) is 17.4 Å². The number of carbonyl (C=O) groups is 3. The number of benzene rings is 2. The maximum Gasteiger partial charge on any atom is 0.421 e. The van der Waals surface area contributed by atoms with E-state index in [1.54, 1.807) is 51.3 Å². The van der Waals surface area contributed by atoms with Crippen molar-refractivity contribution in [2.24, 2.45) is 4.99 Å². The number of aromatic nitrogens is 2. The zero-order valence-electron chi connectivity index (χ0n) is 32.1. The van der Waals surface area contributed by atoms with Gasteiger partial charge in [0, 0.05) is 36.7 Å². The molecular formula is C44H40F3N5O5S. The minimum absolute atomic E-state index is 0.149. The number of anilines is 2. The third kappa shape index (κ3) is 9.21. The van der Waals surface area contributed by atoms with E-state index in [2.05, 4.69) is 31.7 Å². The lowest BCUT2D eigenvalue weighted by Crippen LogP contribution is -2.33. The number of amides is 1. The molecular weight excluding hydrogens is 768 g/mol. The van der Waals surface area contributed by atoms with E-state index in [1.807, 2.05) is 41.3 Å². The molecule has 2 aromatic carbocycles. The van der Waals surface area contributed by atoms with E-state index in [0.717, 1.165) is 33.7 Å². The molecule has 1 unspecified atom stereocenters. The van der Waals surface area contributed by atoms with Crippen molar-refractivity contribution in [2.75, 3.05) is 16.8 Å². The molecule has 3 aliphatic rings. The number of unbranched alkanes of at least 4 members (excludes halogenated alkanes) is 1. The Morgan fingerprint density at radius 2 is 1.86 bits per heavy atom. The van der Waals surface area contributed by atoms with Crippen LogP contribution in [-0.2, 0) is 27.2 Å². The van der Waals surface area contributed by atoms with Gasteiger partial charge in [-0.05, 0) is 100 Å². The number of fused-ring (bicyclic) bond motifs is 2. The topological polar surface area (TPSA) is 123 Å². The van der Waals surface area contributed by atoms with Gasteiger partial charge in [0.15, 0.2) is 10.8 Å². The van der Waals surface area contributed by atoms with E-state index in [0.29, 0.717) is 55.2 Å². The summed E-state index contributed by atoms with van der Waals surface area (Å²) in [5, 5.41) is 3.40. The Morgan fingerprint density at radius 1 is 1.03 bits per heavy atom. The average Bonchev–Trinajstić information content (AvgIpc) is 3.60. The number of halogens is 3. The molecule has 0 fully saturated rings. The molecule has 1 amide bonds. The molecule has 14 heteroatoms. The van der Waals surface area contributed by atoms with Crippen LogP contribution in [0.1, 0.15) is 84.0 Å². The van der Waals surface area contributed by atoms with Crippen LogP contribution >= 0.6 is 11.3 Å². The standard InChI is InChI=1S/C44H40F3N5O5S/c1-43(2,3)57-41(55)39-31(30-11-9-14-35(38(30)44(45,46)47)56-29-18-16-28(17-19-29)48-23-6-7-25-53)20-21-37(50-39)52-24-22-27-10-8-12-32(33(27)26-52)40(54)51-42-49-34-13-4-5-15-36(34)58-42/h4-5,8,10,12-16,18,20-21,23,25,28-29H,6-7,17,19,22,24,26H2,1-3H3,(H,49,51,54)/t28?,29-/m0/s1. The summed E-state index contributed by atoms with van der Waals surface area (Å²) in [7, 11) is 0. The number of hydrogen-bond acceptors (Lipinski definition) is 10. The molecule has 58 heavy (non-hydrogen) atoms. The second kappa shape index (κ2) is 16.8. The third-order valence-corrected chi connectivity index (χ3v) is 10.5. The first-order valence-corrected chi connectivity index (χ1v) is 19.7. The predicted octanol–water partition coefficient (Wildman–Crippen LogP) is 9.14. The number of pyridine rings is 1. The average molecular weight is 808 g/mol. The Hall–Kier alpha value is -6.07. The lowest BCUT2D eigenvalue weighted by Gasteiger charge is -2.31. The van der Waals surface area contributed by atoms with Crippen LogP contribution in [-0.4, -0.2) is 64.8 Å². The highest BCUT2D eigenvalue weighted by Crippen LogP contribution is 2.42. The zero-order valence-corrected chi connectivity index (χ0v) is 32.9. The van der Waals surface area contributed by atoms with Crippen LogP contribution in [0.4, 0.5) is 24.1 Å². The fourth-order valence-corrected chi connectivity index (χ4v) is 7.77. The van der Waals surface area contributed by atoms with E-state index in [4.69, 9.17) is 9.47 Å². The van der Waals surface area contributed by atoms with Gasteiger partial charge in [-0.1, -0.05) is 53.1 Å². The Bertz CT molecular complexity index is 2430. The smallest absolute Gasteiger partial charge is 0.421 e. The molecule has 0 spiro atoms. The van der Waals surface area contributed by atoms with Crippen LogP contribution in [0.5, 0.6) is 0 Å². The van der Waals surface area contributed by atoms with Crippen LogP contribution in [0.2, 0.25) is 0 Å². The molecule has 298 valence electrons. The minimum Gasteiger partial charge on any atom is -0.485 e. The number of ether oxygens (including phenoxy) is 2. The van der Waals surface area contributed by atoms with Gasteiger partial charge in [0.25, 0.3) is 5.91 Å². The summed E-state index contributed by atoms with van der Waals surface area (Å²) in [6.07, 6.45) is 3.82. The van der Waals surface area contributed by atoms with Gasteiger partial charge < -0.3 is 19.2 Å². The number of hydrogen-bond donors (Lipinski definition) is 1. The zero-order chi connectivity index (χ0) is 41.0. The van der Waals surface area contributed by atoms with Crippen molar-refractivity contribution in [3.63, 3.8) is 0 Å². The fraction of sp³-hybridized carbons (Fsp3) is 0.318. The summed E-state index contributed by atoms with van der Waals surface area (Å²) < 4.78 is 57.8. The van der Waals surface area contributed by atoms with E-state index >= 15 is 13.2 Å². The van der Waals surface area contributed by atoms with Crippen LogP contribution in [0, 0.1) is 0 Å². The number of rotatable bonds is 11. The maximum atomic E-state index is 15.1. The molecule has 2 atom stereocenters. The van der Waals surface area contributed by atoms with E-state index < -0.39 is 40.8 Å². The van der Waals surface area contributed by atoms with Crippen LogP contribution in [0.25, 0.3) is 15.8 Å². The summed E-state index contributed by atoms with van der Waals surface area (Å²) in [6, 6.07) is 15.9. The highest BCUT2D eigenvalue weighted by atomic mass is 32.1. The van der Waals surface area contributed by atoms with Gasteiger partial charge in [-0.2, -0.15) is 13.2 Å². The minimum atomic E-state index is -4.91. The number of para-hydroxylation sites is 1. The Labute approximate surface area is 337 Å². The number of thiazole rings is 1. The van der Waals surface area contributed by atoms with Crippen LogP contribution in [0.15, 0.2) is 101 Å². The molecule has 7 rings (SSSR count). The Balaban J connectivity index is 1.19. The van der Waals surface area contributed by atoms with Gasteiger partial charge in [0.05, 0.1) is 21.8 Å². The highest BCUT2D eigenvalue weighted by molar-refractivity contribution is 7.22. The molecule has 1 aliphatic heterocycles. The number of allylic oxidation sites excluding steroid dienone is 3. The van der Waals surface area contributed by atoms with Gasteiger partial charge in [-0.3, -0.25) is 15.1 Å². The van der Waals surface area contributed by atoms with Crippen molar-refractivity contribution in [1.82, 2.24) is 9.97 Å². The number of carbonyl (C=O) groups excluding carboxylic acids is 3. The van der Waals surface area contributed by atoms with Gasteiger partial charge in [-0.15, -0.1) is 0 Å². The normalized spacial score (nSPS) is 18.0. The summed E-state index contributed by atoms with van der Waals surface area (Å²) in [5.41, 5.74) is 5.18. The molecule has 1 N–H and O–H groups in total. The first-order chi connectivity index (χ1) is 27.8. The molecule has 3 heterocycles. The molecule has 4 aromatic rings. The third-order valence-electron chi connectivity index (χ3n) is 9.56. The van der Waals surface area contributed by atoms with Gasteiger partial charge in [0.2, 0.25) is 0 Å². The Morgan fingerprint density at radius 3 is 2.60 bits per heavy atom. The molecule has 2 aliphatic carbocycles. The summed E-state index contributed by atoms with van der Waals surface area (Å²) in [5.74, 6) is -1.39. The number of nitrogens with one attached hydrogen (secondary N) is 1. The number of nitrogens with zero attached hydrogens (tertiary/aromatic N) is 4. The summed E-state index contributed by atoms with van der Waals surface area (Å²) >= 11 is 1.37. The number of alkyl halides is 3. The van der Waals surface area contributed by atoms with Crippen molar-refractivity contribution in [3.8, 4) is 0 Å². The van der Waals surface area contributed by atoms with Crippen molar-refractivity contribution < 1.29 is 37.0 Å². The van der Waals surface area contributed by atoms with Gasteiger partial charge >= 0.3 is 12.1 Å². The first-order valence-electron chi connectivity index (χ1n) is 18.9. The highest BCUT2D eigenvalue weighted by Gasteiger charge is 2.43. The summed E-state index contributed by atoms with van der Waals surface area (Å²) in [4.78, 5) is 53.6. The second-order valence-electron chi connectivity index (χ2n) is 14.9. The maximum absolute atomic E-state index is 15.1. The number of aldehydes is 1. The predicted molar refractivity (Wildman–Crippen MR) is 217 cm³/mol. The quantitative estimate of drug-likeness (QED) is 0.0398. The summed E-state index contributed by atoms with van der Waals surface area (Å²) in [6.45, 7) is 5.68. The SMILES string of the molecule is CC(C)(C)OC(=O)c1nc(N2CCc3cccc(C(=O)Nc4nc5ccccc5s4)c3C2)ccc1C1=C=C=CC(O[C@H]2C=CC(N=CCCC=O)CC2)=C1C(F)(F)F. The van der Waals surface area contributed by atoms with Crippen molar-refractivity contribution in [1.29, 1.82) is 0 Å². The first kappa shape index (κ1) is 40.1. The molecule has 0 saturated heterocycles. The monoisotopic (exact) mass is 807 g/mol. The molecule has 0 bridgehead atoms. The van der Waals surface area contributed by atoms with Crippen molar-refractivity contribution >= 4 is 62.5 Å². The number of esters is 1. The lowest BCUT2D eigenvalue weighted by molar-refractivity contribution is -0.107. The Kier molecular flexibility index (Phi) is 11.6. The molecule has 0 saturated carbocycles.